The number of rotatable bonds is 5. The van der Waals surface area contributed by atoms with Crippen molar-refractivity contribution in [3.8, 4) is 0 Å². The summed E-state index contributed by atoms with van der Waals surface area (Å²) in [7, 11) is 0. The van der Waals surface area contributed by atoms with E-state index in [1.54, 1.807) is 5.01 Å². The smallest absolute Gasteiger partial charge is 0.224 e. The first-order chi connectivity index (χ1) is 13.2. The van der Waals surface area contributed by atoms with Crippen LogP contribution in [0.2, 0.25) is 0 Å². The summed E-state index contributed by atoms with van der Waals surface area (Å²) in [6.45, 7) is 3.79. The van der Waals surface area contributed by atoms with E-state index in [9.17, 15) is 0 Å². The minimum atomic E-state index is -0.181. The number of hydrogen-bond acceptors (Lipinski definition) is 13. The lowest BCUT2D eigenvalue weighted by Crippen LogP contribution is -2.59. The largest absolute Gasteiger partial charge is 0.285 e. The van der Waals surface area contributed by atoms with E-state index in [1.807, 2.05) is 13.8 Å². The summed E-state index contributed by atoms with van der Waals surface area (Å²) in [5.41, 5.74) is 0. The van der Waals surface area contributed by atoms with Crippen LogP contribution >= 0.6 is 0 Å². The quantitative estimate of drug-likeness (QED) is 0.242. The minimum Gasteiger partial charge on any atom is -0.224 e. The molecule has 4 aromatic rings. The van der Waals surface area contributed by atoms with Crippen molar-refractivity contribution in [3.05, 3.63) is 25.3 Å². The average molecular weight is 373 g/mol. The molecule has 0 fully saturated rings. The summed E-state index contributed by atoms with van der Waals surface area (Å²) < 4.78 is 0. The Kier molecular flexibility index (Phi) is 4.05. The highest BCUT2D eigenvalue weighted by Crippen LogP contribution is 2.04. The number of nitrogens with zero attached hydrogens (tertiary/aromatic N) is 19. The lowest BCUT2D eigenvalue weighted by atomic mass is 10.4. The number of guanidine groups is 1. The first-order valence-corrected chi connectivity index (χ1v) is 7.35. The molecule has 0 aliphatic rings. The van der Waals surface area contributed by atoms with Crippen LogP contribution in [0.25, 0.3) is 0 Å². The molecule has 4 heterocycles. The lowest BCUT2D eigenvalue weighted by molar-refractivity contribution is 0.458. The average Bonchev–Trinajstić information content (AvgIpc) is 3.45. The van der Waals surface area contributed by atoms with Crippen molar-refractivity contribution in [1.82, 2.24) is 81.3 Å². The maximum Gasteiger partial charge on any atom is 0.285 e. The molecule has 0 radical (unpaired) electrons. The van der Waals surface area contributed by atoms with E-state index in [0.29, 0.717) is 0 Å². The van der Waals surface area contributed by atoms with Crippen LogP contribution in [-0.4, -0.2) is 93.3 Å². The van der Waals surface area contributed by atoms with Crippen LogP contribution in [-0.2, 0) is 0 Å². The zero-order valence-corrected chi connectivity index (χ0v) is 13.9. The fraction of sp³-hybridized carbons (Fsp3) is 0.375. The third-order valence-electron chi connectivity index (χ3n) is 3.03. The lowest BCUT2D eigenvalue weighted by Gasteiger charge is -2.32. The molecule has 0 unspecified atom stereocenters. The van der Waals surface area contributed by atoms with Crippen molar-refractivity contribution in [2.45, 2.75) is 19.9 Å². The Hall–Kier alpha value is -4.45. The van der Waals surface area contributed by atoms with Crippen molar-refractivity contribution >= 4 is 5.96 Å². The van der Waals surface area contributed by atoms with Gasteiger partial charge in [0.1, 0.15) is 0 Å². The number of aromatic nitrogens is 16. The van der Waals surface area contributed by atoms with Gasteiger partial charge in [-0.1, -0.05) is 0 Å². The molecule has 0 N–H and O–H groups in total. The van der Waals surface area contributed by atoms with Gasteiger partial charge in [0.05, 0.1) is 6.04 Å². The summed E-state index contributed by atoms with van der Waals surface area (Å²) in [5.74, 6) is 0.171. The molecule has 0 aromatic carbocycles. The highest BCUT2D eigenvalue weighted by molar-refractivity contribution is 5.97. The molecule has 0 amide bonds. The number of tetrazole rings is 4. The Labute approximate surface area is 148 Å². The molecule has 0 saturated carbocycles. The summed E-state index contributed by atoms with van der Waals surface area (Å²) in [4.78, 5) is 5.00. The second-order valence-electron chi connectivity index (χ2n) is 5.05. The second kappa shape index (κ2) is 6.81. The molecular formula is C8H11N19. The second-order valence-corrected chi connectivity index (χ2v) is 5.05. The summed E-state index contributed by atoms with van der Waals surface area (Å²) in [6, 6.07) is -0.181. The molecule has 27 heavy (non-hydrogen) atoms. The van der Waals surface area contributed by atoms with Crippen LogP contribution in [0.15, 0.2) is 30.4 Å². The topological polar surface area (TPSA) is 193 Å². The Balaban J connectivity index is 1.91. The van der Waals surface area contributed by atoms with Gasteiger partial charge in [0.25, 0.3) is 5.96 Å². The third kappa shape index (κ3) is 3.10. The Morgan fingerprint density at radius 3 is 1.70 bits per heavy atom. The molecule has 0 aliphatic heterocycles. The zero-order valence-electron chi connectivity index (χ0n) is 13.9. The predicted molar refractivity (Wildman–Crippen MR) is 81.1 cm³/mol. The normalized spacial score (nSPS) is 11.9. The van der Waals surface area contributed by atoms with Gasteiger partial charge in [0, 0.05) is 0 Å². The predicted octanol–water partition coefficient (Wildman–Crippen LogP) is -4.10. The van der Waals surface area contributed by atoms with Gasteiger partial charge < -0.3 is 0 Å². The Morgan fingerprint density at radius 1 is 0.741 bits per heavy atom. The van der Waals surface area contributed by atoms with Crippen LogP contribution < -0.4 is 10.1 Å². The van der Waals surface area contributed by atoms with Crippen molar-refractivity contribution in [3.63, 3.8) is 0 Å². The van der Waals surface area contributed by atoms with E-state index in [0.717, 1.165) is 4.79 Å². The van der Waals surface area contributed by atoms with Gasteiger partial charge in [-0.05, 0) is 55.6 Å². The van der Waals surface area contributed by atoms with Gasteiger partial charge in [0.15, 0.2) is 25.3 Å². The standard InChI is InChI=1S/C8H11N19/c1-7(2)26(23-4-10-15-19-23)8(13-22-3-9-14-18-22)27(24-5-11-16-20-24)25-6-12-17-21-25/h3-7H,1-2H3. The number of hydrogen-bond donors (Lipinski definition) is 0. The van der Waals surface area contributed by atoms with Gasteiger partial charge in [-0.15, -0.1) is 49.8 Å². The first kappa shape index (κ1) is 16.0. The van der Waals surface area contributed by atoms with Crippen LogP contribution in [0.1, 0.15) is 13.8 Å². The van der Waals surface area contributed by atoms with E-state index in [-0.39, 0.29) is 12.0 Å². The molecule has 0 atom stereocenters. The third-order valence-corrected chi connectivity index (χ3v) is 3.03. The van der Waals surface area contributed by atoms with E-state index in [4.69, 9.17) is 0 Å². The molecule has 0 aliphatic carbocycles. The van der Waals surface area contributed by atoms with Crippen molar-refractivity contribution in [2.75, 3.05) is 10.1 Å². The Morgan fingerprint density at radius 2 is 1.26 bits per heavy atom. The monoisotopic (exact) mass is 373 g/mol. The van der Waals surface area contributed by atoms with Crippen molar-refractivity contribution in [1.29, 1.82) is 0 Å². The van der Waals surface area contributed by atoms with E-state index < -0.39 is 0 Å². The van der Waals surface area contributed by atoms with Crippen LogP contribution in [0.5, 0.6) is 0 Å². The maximum atomic E-state index is 4.41. The SMILES string of the molecule is CC(C)N(C(=Nn1cnnn1)N(n1cnnn1)n1cnnn1)n1cnnn1. The Bertz CT molecular complexity index is 913. The highest BCUT2D eigenvalue weighted by Gasteiger charge is 2.29. The van der Waals surface area contributed by atoms with E-state index >= 15 is 0 Å². The van der Waals surface area contributed by atoms with Gasteiger partial charge in [-0.2, -0.15) is 0 Å². The first-order valence-electron chi connectivity index (χ1n) is 7.35. The summed E-state index contributed by atoms with van der Waals surface area (Å²) in [6.07, 6.45) is 5.35. The molecule has 0 saturated heterocycles. The molecule has 19 nitrogen and oxygen atoms in total. The van der Waals surface area contributed by atoms with E-state index in [2.05, 4.69) is 67.2 Å². The van der Waals surface area contributed by atoms with Gasteiger partial charge in [-0.25, -0.2) is 5.01 Å². The van der Waals surface area contributed by atoms with E-state index in [1.165, 1.54) is 44.8 Å². The van der Waals surface area contributed by atoms with Gasteiger partial charge in [0.2, 0.25) is 0 Å². The summed E-state index contributed by atoms with van der Waals surface area (Å²) >= 11 is 0. The molecule has 4 aromatic heterocycles. The van der Waals surface area contributed by atoms with Crippen molar-refractivity contribution < 1.29 is 0 Å². The molecule has 4 rings (SSSR count). The van der Waals surface area contributed by atoms with Crippen molar-refractivity contribution in [2.24, 2.45) is 5.10 Å². The van der Waals surface area contributed by atoms with Crippen LogP contribution in [0, 0.1) is 0 Å². The summed E-state index contributed by atoms with van der Waals surface area (Å²) in [5, 5.41) is 51.9. The fourth-order valence-electron chi connectivity index (χ4n) is 2.05. The maximum absolute atomic E-state index is 4.41. The fourth-order valence-corrected chi connectivity index (χ4v) is 2.05. The highest BCUT2D eigenvalue weighted by atomic mass is 16.0. The van der Waals surface area contributed by atoms with Gasteiger partial charge >= 0.3 is 0 Å². The van der Waals surface area contributed by atoms with Gasteiger partial charge in [-0.3, -0.25) is 0 Å². The molecule has 0 spiro atoms. The molecule has 0 bridgehead atoms. The zero-order chi connectivity index (χ0) is 18.6. The minimum absolute atomic E-state index is 0.171. The molecule has 138 valence electrons. The molecular weight excluding hydrogens is 362 g/mol. The molecule has 19 heteroatoms. The van der Waals surface area contributed by atoms with Crippen LogP contribution in [0.4, 0.5) is 0 Å². The van der Waals surface area contributed by atoms with Crippen LogP contribution in [0.3, 0.4) is 0 Å².